The van der Waals surface area contributed by atoms with E-state index in [4.69, 9.17) is 9.47 Å². The lowest BCUT2D eigenvalue weighted by atomic mass is 10.0. The Balaban J connectivity index is 2.55. The molecule has 1 aromatic rings. The molecule has 114 valence electrons. The number of carbonyl (C=O) groups excluding carboxylic acids is 2. The summed E-state index contributed by atoms with van der Waals surface area (Å²) in [6.07, 6.45) is 0.130. The van der Waals surface area contributed by atoms with Gasteiger partial charge in [0.05, 0.1) is 12.6 Å². The largest absolute Gasteiger partial charge is 0.497 e. The molecule has 0 radical (unpaired) electrons. The Bertz CT molecular complexity index is 472. The van der Waals surface area contributed by atoms with Crippen molar-refractivity contribution >= 4 is 12.4 Å². The third kappa shape index (κ3) is 5.69. The molecule has 0 fully saturated rings. The zero-order chi connectivity index (χ0) is 15.7. The number of alkyl carbamates (subject to hydrolysis) is 1. The lowest BCUT2D eigenvalue weighted by Gasteiger charge is -2.23. The number of carbonyl (C=O) groups is 2. The molecule has 1 amide bonds. The monoisotopic (exact) mass is 291 g/mol. The van der Waals surface area contributed by atoms with Crippen LogP contribution in [0.15, 0.2) is 42.7 Å². The molecular formula is C16H21NO4. The average Bonchev–Trinajstić information content (AvgIpc) is 2.51. The predicted molar refractivity (Wildman–Crippen MR) is 79.5 cm³/mol. The molecule has 0 spiro atoms. The number of aldehydes is 1. The summed E-state index contributed by atoms with van der Waals surface area (Å²) in [4.78, 5) is 22.7. The number of nitrogens with one attached hydrogen (secondary N) is 1. The van der Waals surface area contributed by atoms with E-state index >= 15 is 0 Å². The van der Waals surface area contributed by atoms with Crippen LogP contribution >= 0.6 is 0 Å². The van der Waals surface area contributed by atoms with E-state index in [1.807, 2.05) is 37.3 Å². The van der Waals surface area contributed by atoms with E-state index in [0.717, 1.165) is 11.8 Å². The number of amides is 1. The lowest BCUT2D eigenvalue weighted by molar-refractivity contribution is -0.111. The zero-order valence-electron chi connectivity index (χ0n) is 12.4. The van der Waals surface area contributed by atoms with Crippen LogP contribution in [0, 0.1) is 5.92 Å². The molecule has 0 saturated heterocycles. The molecule has 1 rings (SSSR count). The van der Waals surface area contributed by atoms with Crippen LogP contribution in [0.25, 0.3) is 0 Å². The first-order chi connectivity index (χ1) is 10.1. The summed E-state index contributed by atoms with van der Waals surface area (Å²) < 4.78 is 10.4. The molecule has 21 heavy (non-hydrogen) atoms. The topological polar surface area (TPSA) is 64.6 Å². The molecule has 0 aliphatic heterocycles. The van der Waals surface area contributed by atoms with Crippen molar-refractivity contribution in [1.82, 2.24) is 5.32 Å². The van der Waals surface area contributed by atoms with Gasteiger partial charge >= 0.3 is 6.09 Å². The molecule has 5 heteroatoms. The molecule has 1 N–H and O–H groups in total. The highest BCUT2D eigenvalue weighted by atomic mass is 16.5. The second-order valence-electron chi connectivity index (χ2n) is 4.58. The lowest BCUT2D eigenvalue weighted by Crippen LogP contribution is -2.42. The molecule has 0 bridgehead atoms. The van der Waals surface area contributed by atoms with Crippen molar-refractivity contribution in [2.75, 3.05) is 6.61 Å². The first-order valence-electron chi connectivity index (χ1n) is 6.82. The summed E-state index contributed by atoms with van der Waals surface area (Å²) in [6.45, 7) is 7.80. The Morgan fingerprint density at radius 1 is 1.33 bits per heavy atom. The summed E-state index contributed by atoms with van der Waals surface area (Å²) in [5.41, 5.74) is 0.885. The van der Waals surface area contributed by atoms with Crippen molar-refractivity contribution in [3.8, 4) is 0 Å². The normalized spacial score (nSPS) is 12.9. The zero-order valence-corrected chi connectivity index (χ0v) is 12.4. The van der Waals surface area contributed by atoms with E-state index in [9.17, 15) is 9.59 Å². The van der Waals surface area contributed by atoms with Crippen molar-refractivity contribution in [3.05, 3.63) is 48.2 Å². The minimum atomic E-state index is -0.613. The first kappa shape index (κ1) is 16.8. The highest BCUT2D eigenvalue weighted by Gasteiger charge is 2.24. The SMILES string of the molecule is C=C(OCC)C(NC(=O)OCc1ccccc1)C(C)C=O. The third-order valence-corrected chi connectivity index (χ3v) is 2.90. The van der Waals surface area contributed by atoms with Gasteiger partial charge < -0.3 is 19.6 Å². The smallest absolute Gasteiger partial charge is 0.408 e. The summed E-state index contributed by atoms with van der Waals surface area (Å²) in [5.74, 6) is -0.109. The van der Waals surface area contributed by atoms with Crippen LogP contribution in [0.1, 0.15) is 19.4 Å². The van der Waals surface area contributed by atoms with E-state index in [0.29, 0.717) is 12.4 Å². The molecule has 5 nitrogen and oxygen atoms in total. The quantitative estimate of drug-likeness (QED) is 0.591. The number of hydrogen-bond donors (Lipinski definition) is 1. The van der Waals surface area contributed by atoms with Gasteiger partial charge in [0.2, 0.25) is 0 Å². The summed E-state index contributed by atoms with van der Waals surface area (Å²) >= 11 is 0. The van der Waals surface area contributed by atoms with E-state index < -0.39 is 18.1 Å². The van der Waals surface area contributed by atoms with E-state index in [2.05, 4.69) is 11.9 Å². The van der Waals surface area contributed by atoms with Crippen LogP contribution in [0.5, 0.6) is 0 Å². The van der Waals surface area contributed by atoms with Gasteiger partial charge in [0.1, 0.15) is 18.7 Å². The maximum absolute atomic E-state index is 11.8. The molecule has 0 aliphatic rings. The first-order valence-corrected chi connectivity index (χ1v) is 6.82. The molecule has 0 saturated carbocycles. The predicted octanol–water partition coefficient (Wildman–Crippen LogP) is 2.67. The van der Waals surface area contributed by atoms with Crippen molar-refractivity contribution in [1.29, 1.82) is 0 Å². The Labute approximate surface area is 124 Å². The van der Waals surface area contributed by atoms with Gasteiger partial charge in [-0.3, -0.25) is 0 Å². The Morgan fingerprint density at radius 3 is 2.57 bits per heavy atom. The Kier molecular flexibility index (Phi) is 7.01. The van der Waals surface area contributed by atoms with Crippen LogP contribution < -0.4 is 5.32 Å². The van der Waals surface area contributed by atoms with Gasteiger partial charge in [-0.25, -0.2) is 4.79 Å². The van der Waals surface area contributed by atoms with Gasteiger partial charge in [0, 0.05) is 5.92 Å². The minimum absolute atomic E-state index is 0.163. The van der Waals surface area contributed by atoms with Crippen LogP contribution in [-0.4, -0.2) is 25.0 Å². The maximum atomic E-state index is 11.8. The van der Waals surface area contributed by atoms with Crippen LogP contribution in [0.2, 0.25) is 0 Å². The van der Waals surface area contributed by atoms with Gasteiger partial charge in [-0.1, -0.05) is 43.8 Å². The standard InChI is InChI=1S/C16H21NO4/c1-4-20-13(3)15(12(2)10-18)17-16(19)21-11-14-8-6-5-7-9-14/h5-10,12,15H,3-4,11H2,1-2H3,(H,17,19). The van der Waals surface area contributed by atoms with Gasteiger partial charge in [-0.05, 0) is 12.5 Å². The van der Waals surface area contributed by atoms with Crippen LogP contribution in [0.3, 0.4) is 0 Å². The van der Waals surface area contributed by atoms with Crippen molar-refractivity contribution in [2.45, 2.75) is 26.5 Å². The number of rotatable bonds is 8. The molecule has 0 heterocycles. The van der Waals surface area contributed by atoms with E-state index in [1.54, 1.807) is 6.92 Å². The van der Waals surface area contributed by atoms with Crippen molar-refractivity contribution in [3.63, 3.8) is 0 Å². The van der Waals surface area contributed by atoms with Crippen LogP contribution in [0.4, 0.5) is 4.79 Å². The maximum Gasteiger partial charge on any atom is 0.408 e. The van der Waals surface area contributed by atoms with Gasteiger partial charge in [-0.15, -0.1) is 0 Å². The highest BCUT2D eigenvalue weighted by molar-refractivity contribution is 5.69. The van der Waals surface area contributed by atoms with Crippen LogP contribution in [-0.2, 0) is 20.9 Å². The van der Waals surface area contributed by atoms with Gasteiger partial charge in [0.25, 0.3) is 0 Å². The Morgan fingerprint density at radius 2 is 2.00 bits per heavy atom. The average molecular weight is 291 g/mol. The summed E-state index contributed by atoms with van der Waals surface area (Å²) in [5, 5.41) is 2.61. The molecule has 2 unspecified atom stereocenters. The second kappa shape index (κ2) is 8.79. The molecule has 0 aromatic heterocycles. The molecule has 2 atom stereocenters. The van der Waals surface area contributed by atoms with E-state index in [-0.39, 0.29) is 6.61 Å². The summed E-state index contributed by atoms with van der Waals surface area (Å²) in [6, 6.07) is 8.73. The number of ether oxygens (including phenoxy) is 2. The fourth-order valence-electron chi connectivity index (χ4n) is 1.75. The molecule has 1 aromatic carbocycles. The fraction of sp³-hybridized carbons (Fsp3) is 0.375. The minimum Gasteiger partial charge on any atom is -0.497 e. The highest BCUT2D eigenvalue weighted by Crippen LogP contribution is 2.11. The van der Waals surface area contributed by atoms with Gasteiger partial charge in [0.15, 0.2) is 0 Å². The second-order valence-corrected chi connectivity index (χ2v) is 4.58. The fourth-order valence-corrected chi connectivity index (χ4v) is 1.75. The molecular weight excluding hydrogens is 270 g/mol. The van der Waals surface area contributed by atoms with Crippen molar-refractivity contribution < 1.29 is 19.1 Å². The van der Waals surface area contributed by atoms with Crippen molar-refractivity contribution in [2.24, 2.45) is 5.92 Å². The van der Waals surface area contributed by atoms with Gasteiger partial charge in [-0.2, -0.15) is 0 Å². The third-order valence-electron chi connectivity index (χ3n) is 2.90. The summed E-state index contributed by atoms with van der Waals surface area (Å²) in [7, 11) is 0. The number of hydrogen-bond acceptors (Lipinski definition) is 4. The van der Waals surface area contributed by atoms with E-state index in [1.165, 1.54) is 0 Å². The molecule has 0 aliphatic carbocycles. The Hall–Kier alpha value is -2.30. The number of benzene rings is 1.